The Hall–Kier alpha value is -0.480. The van der Waals surface area contributed by atoms with E-state index in [2.05, 4.69) is 61.6 Å². The lowest BCUT2D eigenvalue weighted by atomic mass is 10.1. The van der Waals surface area contributed by atoms with Gasteiger partial charge in [-0.15, -0.1) is 0 Å². The maximum atomic E-state index is 6.14. The van der Waals surface area contributed by atoms with Crippen molar-refractivity contribution >= 4 is 23.5 Å². The van der Waals surface area contributed by atoms with Crippen LogP contribution >= 0.6 is 23.5 Å². The minimum atomic E-state index is 0.801. The Balaban J connectivity index is 1.82. The average molecular weight is 763 g/mol. The van der Waals surface area contributed by atoms with Gasteiger partial charge in [-0.25, -0.2) is 0 Å². The second kappa shape index (κ2) is 43.3. The van der Waals surface area contributed by atoms with E-state index in [1.807, 2.05) is 0 Å². The molecular formula is C48H90O2S2. The highest BCUT2D eigenvalue weighted by atomic mass is 32.2. The van der Waals surface area contributed by atoms with E-state index in [9.17, 15) is 0 Å². The van der Waals surface area contributed by atoms with Crippen molar-refractivity contribution in [2.75, 3.05) is 36.2 Å². The Kier molecular flexibility index (Phi) is 41.2. The Morgan fingerprint density at radius 1 is 0.308 bits per heavy atom. The minimum Gasteiger partial charge on any atom is -0.490 e. The van der Waals surface area contributed by atoms with Gasteiger partial charge in [-0.2, -0.15) is 23.5 Å². The Bertz CT molecular complexity index is 737. The summed E-state index contributed by atoms with van der Waals surface area (Å²) in [6, 6.07) is 8.27. The largest absolute Gasteiger partial charge is 0.490 e. The van der Waals surface area contributed by atoms with Gasteiger partial charge in [0.2, 0.25) is 0 Å². The summed E-state index contributed by atoms with van der Waals surface area (Å²) < 4.78 is 12.3. The molecule has 306 valence electrons. The molecule has 0 saturated carbocycles. The van der Waals surface area contributed by atoms with Crippen LogP contribution in [0.15, 0.2) is 24.3 Å². The molecule has 0 aliphatic carbocycles. The normalized spacial score (nSPS) is 11.4. The lowest BCUT2D eigenvalue weighted by Gasteiger charge is -2.12. The van der Waals surface area contributed by atoms with Gasteiger partial charge in [-0.05, 0) is 73.7 Å². The predicted octanol–water partition coefficient (Wildman–Crippen LogP) is 17.2. The van der Waals surface area contributed by atoms with Crippen molar-refractivity contribution in [3.05, 3.63) is 24.3 Å². The molecule has 0 saturated heterocycles. The van der Waals surface area contributed by atoms with Crippen LogP contribution in [0.25, 0.3) is 0 Å². The zero-order chi connectivity index (χ0) is 37.1. The van der Waals surface area contributed by atoms with Crippen LogP contribution < -0.4 is 9.47 Å². The average Bonchev–Trinajstić information content (AvgIpc) is 3.16. The van der Waals surface area contributed by atoms with Crippen LogP contribution in [0, 0.1) is 0 Å². The van der Waals surface area contributed by atoms with E-state index < -0.39 is 0 Å². The van der Waals surface area contributed by atoms with Gasteiger partial charge in [0.1, 0.15) is 0 Å². The quantitative estimate of drug-likeness (QED) is 0.0616. The van der Waals surface area contributed by atoms with E-state index in [4.69, 9.17) is 9.47 Å². The maximum absolute atomic E-state index is 6.14. The Morgan fingerprint density at radius 2 is 0.538 bits per heavy atom. The van der Waals surface area contributed by atoms with Crippen LogP contribution in [0.1, 0.15) is 232 Å². The fourth-order valence-electron chi connectivity index (χ4n) is 7.02. The van der Waals surface area contributed by atoms with Gasteiger partial charge >= 0.3 is 0 Å². The summed E-state index contributed by atoms with van der Waals surface area (Å²) in [6.45, 7) is 6.20. The molecule has 0 atom stereocenters. The first-order valence-electron chi connectivity index (χ1n) is 23.4. The highest BCUT2D eigenvalue weighted by Gasteiger charge is 2.05. The fraction of sp³-hybridized carbons (Fsp3) is 0.875. The number of para-hydroxylation sites is 2. The Morgan fingerprint density at radius 3 is 0.808 bits per heavy atom. The fourth-order valence-corrected chi connectivity index (χ4v) is 9.06. The van der Waals surface area contributed by atoms with E-state index in [1.54, 1.807) is 0 Å². The molecule has 0 amide bonds. The summed E-state index contributed by atoms with van der Waals surface area (Å²) in [6.07, 6.45) is 47.5. The van der Waals surface area contributed by atoms with Crippen molar-refractivity contribution in [2.45, 2.75) is 232 Å². The van der Waals surface area contributed by atoms with Crippen molar-refractivity contribution in [1.82, 2.24) is 0 Å². The van der Waals surface area contributed by atoms with Crippen molar-refractivity contribution in [2.24, 2.45) is 0 Å². The number of rotatable bonds is 44. The van der Waals surface area contributed by atoms with E-state index in [-0.39, 0.29) is 0 Å². The summed E-state index contributed by atoms with van der Waals surface area (Å²) in [4.78, 5) is 0. The molecule has 0 radical (unpaired) electrons. The van der Waals surface area contributed by atoms with Gasteiger partial charge in [0.15, 0.2) is 11.5 Å². The third-order valence-electron chi connectivity index (χ3n) is 10.5. The first-order valence-corrected chi connectivity index (χ1v) is 25.7. The third-order valence-corrected chi connectivity index (χ3v) is 12.8. The SMILES string of the molecule is CCCCCCCCCCSCCCCCCCCCCCOc1ccccc1OCCCCCCCCCCCSCCCCCCCCCC. The van der Waals surface area contributed by atoms with Gasteiger partial charge in [-0.1, -0.05) is 206 Å². The van der Waals surface area contributed by atoms with Gasteiger partial charge in [-0.3, -0.25) is 0 Å². The molecule has 0 fully saturated rings. The van der Waals surface area contributed by atoms with E-state index in [0.29, 0.717) is 0 Å². The number of hydrogen-bond donors (Lipinski definition) is 0. The predicted molar refractivity (Wildman–Crippen MR) is 240 cm³/mol. The van der Waals surface area contributed by atoms with Crippen molar-refractivity contribution < 1.29 is 9.47 Å². The molecule has 52 heavy (non-hydrogen) atoms. The van der Waals surface area contributed by atoms with Gasteiger partial charge in [0.05, 0.1) is 13.2 Å². The molecule has 1 aromatic carbocycles. The highest BCUT2D eigenvalue weighted by molar-refractivity contribution is 7.99. The highest BCUT2D eigenvalue weighted by Crippen LogP contribution is 2.27. The lowest BCUT2D eigenvalue weighted by Crippen LogP contribution is -2.02. The first kappa shape index (κ1) is 49.5. The zero-order valence-corrected chi connectivity index (χ0v) is 36.9. The number of hydrogen-bond acceptors (Lipinski definition) is 4. The van der Waals surface area contributed by atoms with Crippen molar-refractivity contribution in [3.63, 3.8) is 0 Å². The third kappa shape index (κ3) is 36.5. The van der Waals surface area contributed by atoms with Gasteiger partial charge in [0.25, 0.3) is 0 Å². The summed E-state index contributed by atoms with van der Waals surface area (Å²) >= 11 is 4.39. The molecule has 2 nitrogen and oxygen atoms in total. The van der Waals surface area contributed by atoms with Crippen LogP contribution in [0.5, 0.6) is 11.5 Å². The summed E-state index contributed by atoms with van der Waals surface area (Å²) in [7, 11) is 0. The van der Waals surface area contributed by atoms with E-state index in [0.717, 1.165) is 37.6 Å². The monoisotopic (exact) mass is 763 g/mol. The summed E-state index contributed by atoms with van der Waals surface area (Å²) in [5.74, 6) is 7.37. The second-order valence-electron chi connectivity index (χ2n) is 15.7. The molecule has 0 spiro atoms. The van der Waals surface area contributed by atoms with Crippen molar-refractivity contribution in [3.8, 4) is 11.5 Å². The van der Waals surface area contributed by atoms with Crippen LogP contribution in [0.3, 0.4) is 0 Å². The molecular weight excluding hydrogens is 673 g/mol. The number of thioether (sulfide) groups is 2. The molecule has 0 unspecified atom stereocenters. The maximum Gasteiger partial charge on any atom is 0.161 e. The first-order chi connectivity index (χ1) is 25.9. The van der Waals surface area contributed by atoms with Gasteiger partial charge < -0.3 is 9.47 Å². The number of unbranched alkanes of at least 4 members (excludes halogenated alkanes) is 30. The Labute approximate surface area is 335 Å². The molecule has 0 aromatic heterocycles. The molecule has 0 aliphatic rings. The summed E-state index contributed by atoms with van der Waals surface area (Å²) in [5, 5.41) is 0. The number of ether oxygens (including phenoxy) is 2. The zero-order valence-electron chi connectivity index (χ0n) is 35.2. The molecule has 1 rings (SSSR count). The molecule has 0 heterocycles. The summed E-state index contributed by atoms with van der Waals surface area (Å²) in [5.41, 5.74) is 0. The molecule has 4 heteroatoms. The number of benzene rings is 1. The van der Waals surface area contributed by atoms with Crippen LogP contribution in [-0.2, 0) is 0 Å². The minimum absolute atomic E-state index is 0.801. The smallest absolute Gasteiger partial charge is 0.161 e. The van der Waals surface area contributed by atoms with Crippen LogP contribution in [0.4, 0.5) is 0 Å². The van der Waals surface area contributed by atoms with E-state index >= 15 is 0 Å². The standard InChI is InChI=1S/C48H90O2S2/c1-3-5-7-9-11-21-27-35-43-51-45-37-29-23-17-13-15-19-25-33-41-49-47-39-31-32-40-48(47)50-42-34-26-20-16-14-18-24-30-38-46-52-44-36-28-22-12-10-8-6-4-2/h31-32,39-40H,3-30,33-38,41-46H2,1-2H3. The topological polar surface area (TPSA) is 18.5 Å². The van der Waals surface area contributed by atoms with Gasteiger partial charge in [0, 0.05) is 0 Å². The molecule has 1 aromatic rings. The molecule has 0 N–H and O–H groups in total. The van der Waals surface area contributed by atoms with Crippen molar-refractivity contribution in [1.29, 1.82) is 0 Å². The van der Waals surface area contributed by atoms with E-state index in [1.165, 1.54) is 228 Å². The van der Waals surface area contributed by atoms with Crippen LogP contribution in [0.2, 0.25) is 0 Å². The molecule has 0 bridgehead atoms. The van der Waals surface area contributed by atoms with Crippen LogP contribution in [-0.4, -0.2) is 36.2 Å². The molecule has 0 aliphatic heterocycles. The lowest BCUT2D eigenvalue weighted by molar-refractivity contribution is 0.258. The second-order valence-corrected chi connectivity index (χ2v) is 18.1.